The predicted molar refractivity (Wildman–Crippen MR) is 95.0 cm³/mol. The van der Waals surface area contributed by atoms with Gasteiger partial charge in [0.1, 0.15) is 0 Å². The number of rotatable bonds is 3. The van der Waals surface area contributed by atoms with E-state index < -0.39 is 0 Å². The van der Waals surface area contributed by atoms with Crippen molar-refractivity contribution in [1.82, 2.24) is 5.43 Å². The van der Waals surface area contributed by atoms with E-state index in [1.807, 2.05) is 12.1 Å². The highest BCUT2D eigenvalue weighted by atomic mass is 79.9. The van der Waals surface area contributed by atoms with Gasteiger partial charge in [-0.25, -0.2) is 5.43 Å². The summed E-state index contributed by atoms with van der Waals surface area (Å²) in [6.45, 7) is 0. The van der Waals surface area contributed by atoms with Gasteiger partial charge in [-0.15, -0.1) is 0 Å². The average Bonchev–Trinajstić information content (AvgIpc) is 2.47. The summed E-state index contributed by atoms with van der Waals surface area (Å²) in [4.78, 5) is 0. The van der Waals surface area contributed by atoms with Crippen molar-refractivity contribution in [2.45, 2.75) is 6.04 Å². The molecule has 2 nitrogen and oxygen atoms in total. The monoisotopic (exact) mass is 404 g/mol. The van der Waals surface area contributed by atoms with Crippen molar-refractivity contribution < 1.29 is 0 Å². The summed E-state index contributed by atoms with van der Waals surface area (Å²) in [5, 5.41) is 2.42. The maximum atomic E-state index is 5.85. The van der Waals surface area contributed by atoms with Crippen molar-refractivity contribution in [2.24, 2.45) is 5.84 Å². The Morgan fingerprint density at radius 3 is 2.24 bits per heavy atom. The highest BCUT2D eigenvalue weighted by Gasteiger charge is 2.16. The normalized spacial score (nSPS) is 12.5. The molecule has 1 atom stereocenters. The van der Waals surface area contributed by atoms with E-state index in [0.717, 1.165) is 14.5 Å². The molecule has 0 saturated heterocycles. The van der Waals surface area contributed by atoms with Crippen molar-refractivity contribution >= 4 is 42.6 Å². The summed E-state index contributed by atoms with van der Waals surface area (Å²) >= 11 is 7.07. The van der Waals surface area contributed by atoms with Gasteiger partial charge in [0.2, 0.25) is 0 Å². The fourth-order valence-electron chi connectivity index (χ4n) is 2.61. The van der Waals surface area contributed by atoms with E-state index in [-0.39, 0.29) is 6.04 Å². The third-order valence-corrected chi connectivity index (χ3v) is 4.43. The van der Waals surface area contributed by atoms with E-state index in [9.17, 15) is 0 Å². The van der Waals surface area contributed by atoms with Gasteiger partial charge in [0.25, 0.3) is 0 Å². The number of hydrogen-bond acceptors (Lipinski definition) is 2. The van der Waals surface area contributed by atoms with Gasteiger partial charge in [0, 0.05) is 8.95 Å². The summed E-state index contributed by atoms with van der Waals surface area (Å²) in [6, 6.07) is 20.7. The van der Waals surface area contributed by atoms with E-state index in [2.05, 4.69) is 85.8 Å². The summed E-state index contributed by atoms with van der Waals surface area (Å²) < 4.78 is 2.04. The number of hydrogen-bond donors (Lipinski definition) is 2. The number of nitrogens with one attached hydrogen (secondary N) is 1. The van der Waals surface area contributed by atoms with Crippen LogP contribution in [0.3, 0.4) is 0 Å². The van der Waals surface area contributed by atoms with Crippen LogP contribution in [-0.2, 0) is 0 Å². The minimum absolute atomic E-state index is 0.0649. The zero-order valence-electron chi connectivity index (χ0n) is 11.2. The third-order valence-electron chi connectivity index (χ3n) is 3.52. The molecule has 3 N–H and O–H groups in total. The van der Waals surface area contributed by atoms with E-state index in [1.165, 1.54) is 16.3 Å². The van der Waals surface area contributed by atoms with E-state index in [4.69, 9.17) is 5.84 Å². The molecule has 0 spiro atoms. The lowest BCUT2D eigenvalue weighted by Gasteiger charge is -2.19. The van der Waals surface area contributed by atoms with Crippen LogP contribution in [0.1, 0.15) is 17.2 Å². The number of fused-ring (bicyclic) bond motifs is 1. The SMILES string of the molecule is NNC(c1cc(Br)cc(Br)c1)c1cccc2ccccc12. The minimum Gasteiger partial charge on any atom is -0.271 e. The Labute approximate surface area is 140 Å². The summed E-state index contributed by atoms with van der Waals surface area (Å²) in [5.74, 6) is 5.85. The summed E-state index contributed by atoms with van der Waals surface area (Å²) in [7, 11) is 0. The van der Waals surface area contributed by atoms with Gasteiger partial charge in [-0.05, 0) is 40.1 Å². The second-order valence-electron chi connectivity index (χ2n) is 4.87. The Balaban J connectivity index is 2.18. The highest BCUT2D eigenvalue weighted by Crippen LogP contribution is 2.31. The predicted octanol–water partition coefficient (Wildman–Crippen LogP) is 4.92. The molecule has 0 aliphatic rings. The molecule has 0 radical (unpaired) electrons. The summed E-state index contributed by atoms with van der Waals surface area (Å²) in [5.41, 5.74) is 5.21. The maximum absolute atomic E-state index is 5.85. The zero-order valence-corrected chi connectivity index (χ0v) is 14.4. The lowest BCUT2D eigenvalue weighted by atomic mass is 9.94. The van der Waals surface area contributed by atoms with Crippen LogP contribution < -0.4 is 11.3 Å². The fraction of sp³-hybridized carbons (Fsp3) is 0.0588. The van der Waals surface area contributed by atoms with Crippen molar-refractivity contribution in [2.75, 3.05) is 0 Å². The van der Waals surface area contributed by atoms with Crippen molar-refractivity contribution in [3.63, 3.8) is 0 Å². The molecule has 0 saturated carbocycles. The van der Waals surface area contributed by atoms with Crippen LogP contribution in [0, 0.1) is 0 Å². The van der Waals surface area contributed by atoms with Crippen LogP contribution in [0.25, 0.3) is 10.8 Å². The molecule has 0 amide bonds. The first-order valence-electron chi connectivity index (χ1n) is 6.59. The van der Waals surface area contributed by atoms with Crippen LogP contribution in [0.2, 0.25) is 0 Å². The molecule has 0 bridgehead atoms. The number of nitrogens with two attached hydrogens (primary N) is 1. The lowest BCUT2D eigenvalue weighted by Crippen LogP contribution is -2.29. The van der Waals surface area contributed by atoms with Crippen molar-refractivity contribution in [3.05, 3.63) is 80.7 Å². The zero-order chi connectivity index (χ0) is 14.8. The van der Waals surface area contributed by atoms with Gasteiger partial charge in [-0.1, -0.05) is 74.3 Å². The van der Waals surface area contributed by atoms with Crippen LogP contribution in [0.5, 0.6) is 0 Å². The van der Waals surface area contributed by atoms with Gasteiger partial charge in [0.05, 0.1) is 6.04 Å². The van der Waals surface area contributed by atoms with Crippen molar-refractivity contribution in [3.8, 4) is 0 Å². The molecule has 4 heteroatoms. The second kappa shape index (κ2) is 6.28. The average molecular weight is 406 g/mol. The van der Waals surface area contributed by atoms with Crippen LogP contribution in [0.15, 0.2) is 69.6 Å². The molecule has 1 unspecified atom stereocenters. The first-order chi connectivity index (χ1) is 10.2. The quantitative estimate of drug-likeness (QED) is 0.479. The highest BCUT2D eigenvalue weighted by molar-refractivity contribution is 9.11. The summed E-state index contributed by atoms with van der Waals surface area (Å²) in [6.07, 6.45) is 0. The number of hydrazine groups is 1. The first kappa shape index (κ1) is 14.7. The van der Waals surface area contributed by atoms with Gasteiger partial charge in [-0.2, -0.15) is 0 Å². The Kier molecular flexibility index (Phi) is 4.40. The van der Waals surface area contributed by atoms with E-state index >= 15 is 0 Å². The Morgan fingerprint density at radius 1 is 0.857 bits per heavy atom. The minimum atomic E-state index is -0.0649. The Morgan fingerprint density at radius 2 is 1.52 bits per heavy atom. The molecule has 21 heavy (non-hydrogen) atoms. The van der Waals surface area contributed by atoms with Gasteiger partial charge in [0.15, 0.2) is 0 Å². The van der Waals surface area contributed by atoms with Gasteiger partial charge < -0.3 is 0 Å². The first-order valence-corrected chi connectivity index (χ1v) is 8.17. The third kappa shape index (κ3) is 3.04. The molecule has 106 valence electrons. The van der Waals surface area contributed by atoms with Crippen LogP contribution in [-0.4, -0.2) is 0 Å². The molecule has 0 heterocycles. The second-order valence-corrected chi connectivity index (χ2v) is 6.70. The molecular weight excluding hydrogens is 392 g/mol. The molecule has 0 aliphatic carbocycles. The molecule has 0 fully saturated rings. The standard InChI is InChI=1S/C17H14Br2N2/c18-13-8-12(9-14(19)10-13)17(21-20)16-7-3-5-11-4-1-2-6-15(11)16/h1-10,17,21H,20H2. The largest absolute Gasteiger partial charge is 0.271 e. The molecule has 0 aliphatic heterocycles. The Bertz CT molecular complexity index is 761. The van der Waals surface area contributed by atoms with Crippen LogP contribution >= 0.6 is 31.9 Å². The molecule has 3 aromatic carbocycles. The molecule has 0 aromatic heterocycles. The molecular formula is C17H14Br2N2. The lowest BCUT2D eigenvalue weighted by molar-refractivity contribution is 0.640. The fourth-order valence-corrected chi connectivity index (χ4v) is 3.94. The smallest absolute Gasteiger partial charge is 0.0716 e. The molecule has 3 aromatic rings. The molecule has 3 rings (SSSR count). The van der Waals surface area contributed by atoms with E-state index in [0.29, 0.717) is 0 Å². The number of halogens is 2. The van der Waals surface area contributed by atoms with E-state index in [1.54, 1.807) is 0 Å². The van der Waals surface area contributed by atoms with Crippen LogP contribution in [0.4, 0.5) is 0 Å². The topological polar surface area (TPSA) is 38.0 Å². The van der Waals surface area contributed by atoms with Gasteiger partial charge in [-0.3, -0.25) is 5.84 Å². The van der Waals surface area contributed by atoms with Gasteiger partial charge >= 0.3 is 0 Å². The maximum Gasteiger partial charge on any atom is 0.0716 e. The van der Waals surface area contributed by atoms with Crippen molar-refractivity contribution in [1.29, 1.82) is 0 Å². The Hall–Kier alpha value is -1.20. The number of benzene rings is 3.